The maximum absolute atomic E-state index is 10.8. The molecular weight excluding hydrogens is 298 g/mol. The monoisotopic (exact) mass is 319 g/mol. The Morgan fingerprint density at radius 3 is 2.68 bits per heavy atom. The summed E-state index contributed by atoms with van der Waals surface area (Å²) in [6.45, 7) is 0. The summed E-state index contributed by atoms with van der Waals surface area (Å²) in [5.74, 6) is 3.78. The quantitative estimate of drug-likeness (QED) is 0.613. The summed E-state index contributed by atoms with van der Waals surface area (Å²) in [7, 11) is 1.65. The van der Waals surface area contributed by atoms with Crippen LogP contribution in [0.4, 0.5) is 0 Å². The maximum atomic E-state index is 10.8. The van der Waals surface area contributed by atoms with Crippen molar-refractivity contribution in [3.05, 3.63) is 23.8 Å². The Balaban J connectivity index is 1.91. The van der Waals surface area contributed by atoms with Gasteiger partial charge in [0.25, 0.3) is 0 Å². The molecule has 22 heavy (non-hydrogen) atoms. The molecule has 1 saturated carbocycles. The summed E-state index contributed by atoms with van der Waals surface area (Å²) in [4.78, 5) is 14.9. The summed E-state index contributed by atoms with van der Waals surface area (Å²) >= 11 is 1.98. The second-order valence-corrected chi connectivity index (χ2v) is 7.08. The lowest BCUT2D eigenvalue weighted by molar-refractivity contribution is 0.180. The van der Waals surface area contributed by atoms with Gasteiger partial charge in [0.15, 0.2) is 11.5 Å². The number of methoxy groups -OCH3 is 1. The van der Waals surface area contributed by atoms with Gasteiger partial charge >= 0.3 is 0 Å². The van der Waals surface area contributed by atoms with Gasteiger partial charge in [-0.05, 0) is 49.7 Å². The topological polar surface area (TPSA) is 47.9 Å². The molecule has 5 heteroatoms. The molecule has 0 bridgehead atoms. The van der Waals surface area contributed by atoms with Crippen molar-refractivity contribution in [3.8, 4) is 11.5 Å². The lowest BCUT2D eigenvalue weighted by Gasteiger charge is -2.38. The van der Waals surface area contributed by atoms with Crippen LogP contribution in [0.15, 0.2) is 23.2 Å². The zero-order valence-electron chi connectivity index (χ0n) is 12.8. The van der Waals surface area contributed by atoms with E-state index in [1.165, 1.54) is 0 Å². The summed E-state index contributed by atoms with van der Waals surface area (Å²) in [6, 6.07) is 5.90. The van der Waals surface area contributed by atoms with E-state index in [0.29, 0.717) is 0 Å². The zero-order chi connectivity index (χ0) is 15.4. The highest BCUT2D eigenvalue weighted by molar-refractivity contribution is 7.99. The third-order valence-electron chi connectivity index (χ3n) is 4.59. The molecule has 0 aromatic heterocycles. The lowest BCUT2D eigenvalue weighted by Crippen LogP contribution is -2.32. The standard InChI is InChI=1S/C17H21NO3S/c1-20-16-14(17(18-12-19)8-3-9-17)4-2-5-15(16)21-13-6-10-22-11-7-13/h2,4-5,13H,3,6-11H2,1H3. The largest absolute Gasteiger partial charge is 0.492 e. The summed E-state index contributed by atoms with van der Waals surface area (Å²) in [5, 5.41) is 0. The van der Waals surface area contributed by atoms with Gasteiger partial charge in [-0.15, -0.1) is 0 Å². The molecule has 0 N–H and O–H groups in total. The van der Waals surface area contributed by atoms with Crippen molar-refractivity contribution in [1.29, 1.82) is 0 Å². The number of benzene rings is 1. The SMILES string of the molecule is COc1c(OC2CCSCC2)cccc1C1(N=C=O)CCC1. The highest BCUT2D eigenvalue weighted by atomic mass is 32.2. The Morgan fingerprint density at radius 2 is 2.09 bits per heavy atom. The van der Waals surface area contributed by atoms with Gasteiger partial charge in [0, 0.05) is 5.56 Å². The molecule has 0 radical (unpaired) electrons. The van der Waals surface area contributed by atoms with Gasteiger partial charge in [0.1, 0.15) is 11.6 Å². The van der Waals surface area contributed by atoms with E-state index in [0.717, 1.165) is 60.7 Å². The van der Waals surface area contributed by atoms with Crippen LogP contribution >= 0.6 is 11.8 Å². The number of hydrogen-bond donors (Lipinski definition) is 0. The normalized spacial score (nSPS) is 20.6. The van der Waals surface area contributed by atoms with Crippen molar-refractivity contribution in [1.82, 2.24) is 0 Å². The molecule has 0 amide bonds. The van der Waals surface area contributed by atoms with Crippen molar-refractivity contribution < 1.29 is 14.3 Å². The van der Waals surface area contributed by atoms with Crippen LogP contribution < -0.4 is 9.47 Å². The molecule has 1 aliphatic carbocycles. The van der Waals surface area contributed by atoms with Gasteiger partial charge in [-0.25, -0.2) is 4.79 Å². The summed E-state index contributed by atoms with van der Waals surface area (Å²) in [6.07, 6.45) is 6.91. The number of aliphatic imine (C=N–C) groups is 1. The highest BCUT2D eigenvalue weighted by Gasteiger charge is 2.42. The number of thioether (sulfide) groups is 1. The first kappa shape index (κ1) is 15.4. The first-order valence-corrected chi connectivity index (χ1v) is 8.95. The molecule has 0 atom stereocenters. The number of nitrogens with zero attached hydrogens (tertiary/aromatic N) is 1. The van der Waals surface area contributed by atoms with E-state index >= 15 is 0 Å². The van der Waals surface area contributed by atoms with Crippen molar-refractivity contribution in [2.45, 2.75) is 43.7 Å². The molecule has 118 valence electrons. The molecule has 2 fully saturated rings. The molecule has 1 heterocycles. The fraction of sp³-hybridized carbons (Fsp3) is 0.588. The molecule has 0 unspecified atom stereocenters. The smallest absolute Gasteiger partial charge is 0.235 e. The van der Waals surface area contributed by atoms with Gasteiger partial charge in [0.05, 0.1) is 7.11 Å². The molecule has 1 aliphatic heterocycles. The van der Waals surface area contributed by atoms with Crippen LogP contribution in [0.5, 0.6) is 11.5 Å². The Hall–Kier alpha value is -1.45. The average Bonchev–Trinajstić information content (AvgIpc) is 2.52. The minimum atomic E-state index is -0.463. The van der Waals surface area contributed by atoms with Crippen LogP contribution in [0.2, 0.25) is 0 Å². The van der Waals surface area contributed by atoms with Crippen molar-refractivity contribution >= 4 is 17.8 Å². The molecular formula is C17H21NO3S. The van der Waals surface area contributed by atoms with Gasteiger partial charge in [-0.2, -0.15) is 16.8 Å². The number of rotatable bonds is 5. The summed E-state index contributed by atoms with van der Waals surface area (Å²) in [5.41, 5.74) is 0.488. The van der Waals surface area contributed by atoms with Crippen LogP contribution in [0.25, 0.3) is 0 Å². The maximum Gasteiger partial charge on any atom is 0.235 e. The Morgan fingerprint density at radius 1 is 1.32 bits per heavy atom. The predicted molar refractivity (Wildman–Crippen MR) is 87.6 cm³/mol. The van der Waals surface area contributed by atoms with Gasteiger partial charge in [-0.1, -0.05) is 12.1 Å². The number of carbonyl (C=O) groups excluding carboxylic acids is 1. The third-order valence-corrected chi connectivity index (χ3v) is 5.64. The minimum Gasteiger partial charge on any atom is -0.492 e. The van der Waals surface area contributed by atoms with E-state index in [9.17, 15) is 4.79 Å². The van der Waals surface area contributed by atoms with E-state index in [2.05, 4.69) is 4.99 Å². The van der Waals surface area contributed by atoms with E-state index in [4.69, 9.17) is 9.47 Å². The molecule has 4 nitrogen and oxygen atoms in total. The Kier molecular flexibility index (Phi) is 4.74. The van der Waals surface area contributed by atoms with E-state index < -0.39 is 5.54 Å². The van der Waals surface area contributed by atoms with Gasteiger partial charge in [-0.3, -0.25) is 0 Å². The third kappa shape index (κ3) is 2.88. The van der Waals surface area contributed by atoms with Crippen molar-refractivity contribution in [2.75, 3.05) is 18.6 Å². The Labute approximate surface area is 135 Å². The molecule has 0 spiro atoms. The second kappa shape index (κ2) is 6.76. The fourth-order valence-corrected chi connectivity index (χ4v) is 4.26. The van der Waals surface area contributed by atoms with Crippen LogP contribution in [0, 0.1) is 0 Å². The van der Waals surface area contributed by atoms with Gasteiger partial charge in [0.2, 0.25) is 6.08 Å². The van der Waals surface area contributed by atoms with E-state index in [1.807, 2.05) is 30.0 Å². The first-order chi connectivity index (χ1) is 10.8. The fourth-order valence-electron chi connectivity index (χ4n) is 3.20. The molecule has 1 saturated heterocycles. The summed E-state index contributed by atoms with van der Waals surface area (Å²) < 4.78 is 11.8. The van der Waals surface area contributed by atoms with Crippen LogP contribution in [-0.4, -0.2) is 30.8 Å². The molecule has 3 rings (SSSR count). The van der Waals surface area contributed by atoms with Crippen molar-refractivity contribution in [2.24, 2.45) is 4.99 Å². The van der Waals surface area contributed by atoms with E-state index in [1.54, 1.807) is 13.2 Å². The number of ether oxygens (including phenoxy) is 2. The number of isocyanates is 1. The van der Waals surface area contributed by atoms with Crippen molar-refractivity contribution in [3.63, 3.8) is 0 Å². The number of para-hydroxylation sites is 1. The molecule has 2 aliphatic rings. The van der Waals surface area contributed by atoms with Crippen LogP contribution in [0.3, 0.4) is 0 Å². The van der Waals surface area contributed by atoms with E-state index in [-0.39, 0.29) is 6.10 Å². The van der Waals surface area contributed by atoms with Gasteiger partial charge < -0.3 is 9.47 Å². The lowest BCUT2D eigenvalue weighted by atomic mass is 9.72. The molecule has 1 aromatic rings. The first-order valence-electron chi connectivity index (χ1n) is 7.80. The zero-order valence-corrected chi connectivity index (χ0v) is 13.7. The van der Waals surface area contributed by atoms with Crippen LogP contribution in [-0.2, 0) is 10.3 Å². The van der Waals surface area contributed by atoms with Crippen LogP contribution in [0.1, 0.15) is 37.7 Å². The highest BCUT2D eigenvalue weighted by Crippen LogP contribution is 2.50. The predicted octanol–water partition coefficient (Wildman–Crippen LogP) is 3.68. The minimum absolute atomic E-state index is 0.248. The average molecular weight is 319 g/mol. The second-order valence-electron chi connectivity index (χ2n) is 5.85. The Bertz CT molecular complexity index is 573. The number of hydrogen-bond acceptors (Lipinski definition) is 5. The molecule has 1 aromatic carbocycles.